The summed E-state index contributed by atoms with van der Waals surface area (Å²) in [6.07, 6.45) is 3.05. The minimum absolute atomic E-state index is 0. The van der Waals surface area contributed by atoms with Crippen molar-refractivity contribution in [3.8, 4) is 0 Å². The zero-order valence-corrected chi connectivity index (χ0v) is 20.3. The van der Waals surface area contributed by atoms with Gasteiger partial charge in [-0.3, -0.25) is 9.79 Å². The number of hydrogen-bond donors (Lipinski definition) is 3. The average Bonchev–Trinajstić information content (AvgIpc) is 2.72. The van der Waals surface area contributed by atoms with Crippen LogP contribution in [0.5, 0.6) is 0 Å². The molecule has 0 aromatic heterocycles. The first-order valence-corrected chi connectivity index (χ1v) is 10.2. The summed E-state index contributed by atoms with van der Waals surface area (Å²) >= 11 is 0. The van der Waals surface area contributed by atoms with Crippen LogP contribution in [-0.2, 0) is 15.9 Å². The van der Waals surface area contributed by atoms with Crippen LogP contribution in [0.15, 0.2) is 29.3 Å². The third-order valence-corrected chi connectivity index (χ3v) is 3.99. The number of ether oxygens (including phenoxy) is 2. The number of nitrogens with zero attached hydrogens (tertiary/aromatic N) is 1. The molecule has 0 heterocycles. The molecule has 0 aliphatic heterocycles. The lowest BCUT2D eigenvalue weighted by Gasteiger charge is -2.12. The predicted molar refractivity (Wildman–Crippen MR) is 129 cm³/mol. The molecule has 1 aromatic carbocycles. The van der Waals surface area contributed by atoms with Gasteiger partial charge in [0.25, 0.3) is 5.91 Å². The fraction of sp³-hybridized carbons (Fsp3) is 0.619. The molecule has 0 fully saturated rings. The maximum Gasteiger partial charge on any atom is 0.251 e. The van der Waals surface area contributed by atoms with E-state index in [1.807, 2.05) is 31.2 Å². The number of guanidine groups is 1. The van der Waals surface area contributed by atoms with Crippen LogP contribution >= 0.6 is 24.0 Å². The van der Waals surface area contributed by atoms with Crippen LogP contribution in [0.4, 0.5) is 0 Å². The van der Waals surface area contributed by atoms with E-state index in [9.17, 15) is 4.79 Å². The summed E-state index contributed by atoms with van der Waals surface area (Å²) in [4.78, 5) is 16.2. The second-order valence-corrected chi connectivity index (χ2v) is 6.30. The Morgan fingerprint density at radius 1 is 1.07 bits per heavy atom. The Balaban J connectivity index is 0.00000784. The molecule has 1 amide bonds. The summed E-state index contributed by atoms with van der Waals surface area (Å²) in [5.41, 5.74) is 1.78. The molecule has 0 atom stereocenters. The smallest absolute Gasteiger partial charge is 0.251 e. The van der Waals surface area contributed by atoms with Crippen molar-refractivity contribution in [1.29, 1.82) is 0 Å². The second-order valence-electron chi connectivity index (χ2n) is 6.30. The molecule has 0 aliphatic rings. The lowest BCUT2D eigenvalue weighted by molar-refractivity contribution is 0.0497. The number of hydrogen-bond acceptors (Lipinski definition) is 4. The SMILES string of the molecule is CCCCOCCOCCN=C(NCC)NCCc1cccc(C(=O)NC)c1.I. The van der Waals surface area contributed by atoms with Gasteiger partial charge in [-0.25, -0.2) is 0 Å². The molecular formula is C21H37IN4O3. The molecule has 166 valence electrons. The number of unbranched alkanes of at least 4 members (excludes halogenated alkanes) is 1. The number of carbonyl (C=O) groups excluding carboxylic acids is 1. The second kappa shape index (κ2) is 18.6. The number of halogens is 1. The van der Waals surface area contributed by atoms with Crippen molar-refractivity contribution >= 4 is 35.8 Å². The molecule has 0 aliphatic carbocycles. The third-order valence-electron chi connectivity index (χ3n) is 3.99. The van der Waals surface area contributed by atoms with Crippen molar-refractivity contribution in [1.82, 2.24) is 16.0 Å². The molecule has 3 N–H and O–H groups in total. The van der Waals surface area contributed by atoms with E-state index in [0.717, 1.165) is 50.5 Å². The highest BCUT2D eigenvalue weighted by Gasteiger charge is 2.04. The van der Waals surface area contributed by atoms with E-state index in [1.165, 1.54) is 0 Å². The van der Waals surface area contributed by atoms with Crippen LogP contribution in [0, 0.1) is 0 Å². The highest BCUT2D eigenvalue weighted by atomic mass is 127. The van der Waals surface area contributed by atoms with E-state index in [2.05, 4.69) is 27.9 Å². The molecule has 0 saturated heterocycles. The van der Waals surface area contributed by atoms with Crippen molar-refractivity contribution in [3.05, 3.63) is 35.4 Å². The molecule has 7 nitrogen and oxygen atoms in total. The molecule has 0 bridgehead atoms. The molecule has 0 radical (unpaired) electrons. The van der Waals surface area contributed by atoms with Gasteiger partial charge < -0.3 is 25.4 Å². The minimum atomic E-state index is -0.0690. The summed E-state index contributed by atoms with van der Waals surface area (Å²) < 4.78 is 11.0. The minimum Gasteiger partial charge on any atom is -0.379 e. The van der Waals surface area contributed by atoms with Crippen molar-refractivity contribution < 1.29 is 14.3 Å². The quantitative estimate of drug-likeness (QED) is 0.152. The maximum absolute atomic E-state index is 11.7. The number of benzene rings is 1. The molecule has 29 heavy (non-hydrogen) atoms. The zero-order valence-electron chi connectivity index (χ0n) is 18.0. The number of rotatable bonds is 14. The summed E-state index contributed by atoms with van der Waals surface area (Å²) in [5.74, 6) is 0.702. The lowest BCUT2D eigenvalue weighted by Crippen LogP contribution is -2.38. The summed E-state index contributed by atoms with van der Waals surface area (Å²) in [7, 11) is 1.64. The van der Waals surface area contributed by atoms with E-state index in [-0.39, 0.29) is 29.9 Å². The van der Waals surface area contributed by atoms with E-state index < -0.39 is 0 Å². The standard InChI is InChI=1S/C21H36N4O3.HI/c1-4-6-13-27-15-16-28-14-12-25-21(23-5-2)24-11-10-18-8-7-9-19(17-18)20(26)22-3;/h7-9,17H,4-6,10-16H2,1-3H3,(H,22,26)(H2,23,24,25);1H. The average molecular weight is 520 g/mol. The number of nitrogens with one attached hydrogen (secondary N) is 3. The van der Waals surface area contributed by atoms with Crippen molar-refractivity contribution in [3.63, 3.8) is 0 Å². The Morgan fingerprint density at radius 2 is 1.83 bits per heavy atom. The Labute approximate surface area is 192 Å². The summed E-state index contributed by atoms with van der Waals surface area (Å²) in [6, 6.07) is 7.66. The van der Waals surface area contributed by atoms with Crippen LogP contribution in [0.25, 0.3) is 0 Å². The van der Waals surface area contributed by atoms with Gasteiger partial charge in [0.2, 0.25) is 0 Å². The first-order valence-electron chi connectivity index (χ1n) is 10.2. The molecule has 1 rings (SSSR count). The van der Waals surface area contributed by atoms with Crippen LogP contribution in [0.3, 0.4) is 0 Å². The van der Waals surface area contributed by atoms with E-state index in [4.69, 9.17) is 9.47 Å². The van der Waals surface area contributed by atoms with Gasteiger partial charge in [0, 0.05) is 32.3 Å². The van der Waals surface area contributed by atoms with Gasteiger partial charge in [-0.05, 0) is 37.5 Å². The predicted octanol–water partition coefficient (Wildman–Crippen LogP) is 2.60. The Hall–Kier alpha value is -1.39. The van der Waals surface area contributed by atoms with Crippen LogP contribution in [-0.4, -0.2) is 65.0 Å². The molecule has 1 aromatic rings. The zero-order chi connectivity index (χ0) is 20.5. The fourth-order valence-corrected chi connectivity index (χ4v) is 2.47. The van der Waals surface area contributed by atoms with Gasteiger partial charge >= 0.3 is 0 Å². The first kappa shape index (κ1) is 27.6. The normalized spacial score (nSPS) is 10.9. The van der Waals surface area contributed by atoms with E-state index in [1.54, 1.807) is 7.05 Å². The number of carbonyl (C=O) groups is 1. The van der Waals surface area contributed by atoms with Gasteiger partial charge in [-0.2, -0.15) is 0 Å². The van der Waals surface area contributed by atoms with Gasteiger partial charge in [-0.1, -0.05) is 25.5 Å². The van der Waals surface area contributed by atoms with Crippen LogP contribution in [0.2, 0.25) is 0 Å². The topological polar surface area (TPSA) is 84.0 Å². The van der Waals surface area contributed by atoms with Gasteiger partial charge in [-0.15, -0.1) is 24.0 Å². The van der Waals surface area contributed by atoms with E-state index in [0.29, 0.717) is 31.9 Å². The van der Waals surface area contributed by atoms with Crippen molar-refractivity contribution in [2.24, 2.45) is 4.99 Å². The third kappa shape index (κ3) is 13.5. The molecule has 8 heteroatoms. The van der Waals surface area contributed by atoms with E-state index >= 15 is 0 Å². The number of amides is 1. The van der Waals surface area contributed by atoms with Gasteiger partial charge in [0.15, 0.2) is 5.96 Å². The largest absolute Gasteiger partial charge is 0.379 e. The molecule has 0 spiro atoms. The Bertz CT molecular complexity index is 585. The van der Waals surface area contributed by atoms with Gasteiger partial charge in [0.05, 0.1) is 26.4 Å². The molecular weight excluding hydrogens is 483 g/mol. The Kier molecular flexibility index (Phi) is 17.7. The molecule has 0 saturated carbocycles. The van der Waals surface area contributed by atoms with Crippen molar-refractivity contribution in [2.45, 2.75) is 33.1 Å². The maximum atomic E-state index is 11.7. The highest BCUT2D eigenvalue weighted by molar-refractivity contribution is 14.0. The van der Waals surface area contributed by atoms with Crippen LogP contribution in [0.1, 0.15) is 42.6 Å². The summed E-state index contributed by atoms with van der Waals surface area (Å²) in [6.45, 7) is 8.92. The monoisotopic (exact) mass is 520 g/mol. The summed E-state index contributed by atoms with van der Waals surface area (Å²) in [5, 5.41) is 9.19. The fourth-order valence-electron chi connectivity index (χ4n) is 2.47. The lowest BCUT2D eigenvalue weighted by atomic mass is 10.1. The Morgan fingerprint density at radius 3 is 2.52 bits per heavy atom. The highest BCUT2D eigenvalue weighted by Crippen LogP contribution is 2.05. The van der Waals surface area contributed by atoms with Gasteiger partial charge in [0.1, 0.15) is 0 Å². The molecule has 0 unspecified atom stereocenters. The first-order chi connectivity index (χ1) is 13.7. The van der Waals surface area contributed by atoms with Crippen molar-refractivity contribution in [2.75, 3.05) is 53.1 Å². The van der Waals surface area contributed by atoms with Crippen LogP contribution < -0.4 is 16.0 Å². The number of aliphatic imine (C=N–C) groups is 1.